The van der Waals surface area contributed by atoms with Crippen LogP contribution in [0.1, 0.15) is 23.0 Å². The van der Waals surface area contributed by atoms with E-state index in [9.17, 15) is 4.79 Å². The summed E-state index contributed by atoms with van der Waals surface area (Å²) in [7, 11) is 0. The molecule has 0 radical (unpaired) electrons. The van der Waals surface area contributed by atoms with E-state index < -0.39 is 5.97 Å². The summed E-state index contributed by atoms with van der Waals surface area (Å²) in [5.74, 6) is 0.322. The van der Waals surface area contributed by atoms with Gasteiger partial charge in [0.05, 0.1) is 12.1 Å². The van der Waals surface area contributed by atoms with Crippen molar-refractivity contribution in [1.29, 1.82) is 0 Å². The van der Waals surface area contributed by atoms with Crippen LogP contribution in [0.15, 0.2) is 62.7 Å². The lowest BCUT2D eigenvalue weighted by molar-refractivity contribution is 0.0491. The number of halogens is 1. The minimum Gasteiger partial charge on any atom is -0.460 e. The summed E-state index contributed by atoms with van der Waals surface area (Å²) in [4.78, 5) is 21.1. The third-order valence-corrected chi connectivity index (χ3v) is 5.60. The van der Waals surface area contributed by atoms with Gasteiger partial charge in [0.1, 0.15) is 16.9 Å². The van der Waals surface area contributed by atoms with Crippen molar-refractivity contribution < 1.29 is 13.9 Å². The number of benzene rings is 2. The number of thioether (sulfide) groups is 1. The fourth-order valence-electron chi connectivity index (χ4n) is 2.86. The SMILES string of the molecule is CCOC(=O)c1oc2ccc(Br)cc2c1CSc1ncnc2ccccc12. The molecule has 0 saturated heterocycles. The van der Waals surface area contributed by atoms with Crippen molar-refractivity contribution >= 4 is 55.5 Å². The number of ether oxygens (including phenoxy) is 1. The molecule has 0 aliphatic carbocycles. The van der Waals surface area contributed by atoms with E-state index in [1.165, 1.54) is 0 Å². The van der Waals surface area contributed by atoms with Crippen molar-refractivity contribution in [3.05, 3.63) is 64.6 Å². The number of rotatable bonds is 5. The van der Waals surface area contributed by atoms with Crippen molar-refractivity contribution in [2.75, 3.05) is 6.61 Å². The molecule has 27 heavy (non-hydrogen) atoms. The summed E-state index contributed by atoms with van der Waals surface area (Å²) in [6, 6.07) is 13.5. The Kier molecular flexibility index (Phi) is 5.13. The van der Waals surface area contributed by atoms with Crippen LogP contribution in [0, 0.1) is 0 Å². The summed E-state index contributed by atoms with van der Waals surface area (Å²) >= 11 is 5.03. The van der Waals surface area contributed by atoms with Crippen LogP contribution in [0.3, 0.4) is 0 Å². The Labute approximate surface area is 168 Å². The first-order valence-corrected chi connectivity index (χ1v) is 10.2. The van der Waals surface area contributed by atoms with Gasteiger partial charge in [-0.25, -0.2) is 14.8 Å². The number of para-hydroxylation sites is 1. The van der Waals surface area contributed by atoms with E-state index in [1.807, 2.05) is 42.5 Å². The highest BCUT2D eigenvalue weighted by Gasteiger charge is 2.22. The van der Waals surface area contributed by atoms with Gasteiger partial charge in [-0.2, -0.15) is 0 Å². The van der Waals surface area contributed by atoms with Gasteiger partial charge >= 0.3 is 5.97 Å². The van der Waals surface area contributed by atoms with Gasteiger partial charge < -0.3 is 9.15 Å². The van der Waals surface area contributed by atoms with Gasteiger partial charge in [0.25, 0.3) is 0 Å². The molecule has 0 aliphatic rings. The lowest BCUT2D eigenvalue weighted by Gasteiger charge is -2.06. The van der Waals surface area contributed by atoms with E-state index in [1.54, 1.807) is 25.0 Å². The molecule has 0 N–H and O–H groups in total. The van der Waals surface area contributed by atoms with Crippen LogP contribution < -0.4 is 0 Å². The van der Waals surface area contributed by atoms with Crippen LogP contribution in [0.4, 0.5) is 0 Å². The maximum atomic E-state index is 12.4. The normalized spacial score (nSPS) is 11.2. The highest BCUT2D eigenvalue weighted by Crippen LogP contribution is 2.35. The van der Waals surface area contributed by atoms with E-state index in [-0.39, 0.29) is 5.76 Å². The number of nitrogens with zero attached hydrogens (tertiary/aromatic N) is 2. The fraction of sp³-hybridized carbons (Fsp3) is 0.150. The highest BCUT2D eigenvalue weighted by molar-refractivity contribution is 9.10. The predicted octanol–water partition coefficient (Wildman–Crippen LogP) is 5.61. The van der Waals surface area contributed by atoms with E-state index >= 15 is 0 Å². The number of carbonyl (C=O) groups is 1. The molecule has 0 unspecified atom stereocenters. The first-order valence-electron chi connectivity index (χ1n) is 8.38. The maximum Gasteiger partial charge on any atom is 0.374 e. The average molecular weight is 443 g/mol. The van der Waals surface area contributed by atoms with Gasteiger partial charge in [-0.05, 0) is 31.2 Å². The van der Waals surface area contributed by atoms with Gasteiger partial charge in [-0.1, -0.05) is 34.1 Å². The molecule has 4 rings (SSSR count). The lowest BCUT2D eigenvalue weighted by atomic mass is 10.1. The van der Waals surface area contributed by atoms with Crippen LogP contribution in [0.2, 0.25) is 0 Å². The minimum atomic E-state index is -0.451. The number of carbonyl (C=O) groups excluding carboxylic acids is 1. The summed E-state index contributed by atoms with van der Waals surface area (Å²) < 4.78 is 11.9. The third-order valence-electron chi connectivity index (χ3n) is 4.07. The summed E-state index contributed by atoms with van der Waals surface area (Å²) in [6.45, 7) is 2.07. The quantitative estimate of drug-likeness (QED) is 0.227. The number of hydrogen-bond donors (Lipinski definition) is 0. The van der Waals surface area contributed by atoms with E-state index in [4.69, 9.17) is 9.15 Å². The zero-order valence-electron chi connectivity index (χ0n) is 14.4. The van der Waals surface area contributed by atoms with E-state index in [0.29, 0.717) is 17.9 Å². The monoisotopic (exact) mass is 442 g/mol. The first-order chi connectivity index (χ1) is 13.2. The molecular weight excluding hydrogens is 428 g/mol. The second kappa shape index (κ2) is 7.70. The lowest BCUT2D eigenvalue weighted by Crippen LogP contribution is -2.05. The van der Waals surface area contributed by atoms with Gasteiger partial charge in [0.2, 0.25) is 5.76 Å². The smallest absolute Gasteiger partial charge is 0.374 e. The summed E-state index contributed by atoms with van der Waals surface area (Å²) in [6.07, 6.45) is 1.56. The Morgan fingerprint density at radius 1 is 1.19 bits per heavy atom. The average Bonchev–Trinajstić information content (AvgIpc) is 3.04. The van der Waals surface area contributed by atoms with Gasteiger partial charge in [-0.15, -0.1) is 11.8 Å². The molecule has 4 aromatic rings. The highest BCUT2D eigenvalue weighted by atomic mass is 79.9. The Balaban J connectivity index is 1.74. The molecule has 2 aromatic heterocycles. The molecule has 7 heteroatoms. The molecule has 2 aromatic carbocycles. The predicted molar refractivity (Wildman–Crippen MR) is 109 cm³/mol. The standard InChI is InChI=1S/C20H15BrN2O3S/c1-2-25-20(24)18-15(14-9-12(21)7-8-17(14)26-18)10-27-19-13-5-3-4-6-16(13)22-11-23-19/h3-9,11H,2,10H2,1H3. The Morgan fingerprint density at radius 2 is 2.04 bits per heavy atom. The molecule has 0 fully saturated rings. The first kappa shape index (κ1) is 18.0. The molecular formula is C20H15BrN2O3S. The second-order valence-corrected chi connectivity index (χ2v) is 7.64. The number of hydrogen-bond acceptors (Lipinski definition) is 6. The van der Waals surface area contributed by atoms with Gasteiger partial charge in [-0.3, -0.25) is 0 Å². The van der Waals surface area contributed by atoms with Crippen LogP contribution in [-0.4, -0.2) is 22.5 Å². The van der Waals surface area contributed by atoms with Crippen LogP contribution >= 0.6 is 27.7 Å². The van der Waals surface area contributed by atoms with Crippen molar-refractivity contribution in [3.63, 3.8) is 0 Å². The van der Waals surface area contributed by atoms with Crippen molar-refractivity contribution in [1.82, 2.24) is 9.97 Å². The van der Waals surface area contributed by atoms with Gasteiger partial charge in [0.15, 0.2) is 0 Å². The van der Waals surface area contributed by atoms with Gasteiger partial charge in [0, 0.05) is 26.6 Å². The number of furan rings is 1. The Hall–Kier alpha value is -2.38. The Morgan fingerprint density at radius 3 is 2.89 bits per heavy atom. The third kappa shape index (κ3) is 3.57. The summed E-state index contributed by atoms with van der Waals surface area (Å²) in [5, 5.41) is 2.73. The maximum absolute atomic E-state index is 12.4. The number of aromatic nitrogens is 2. The molecule has 0 amide bonds. The number of fused-ring (bicyclic) bond motifs is 2. The fourth-order valence-corrected chi connectivity index (χ4v) is 4.24. The molecule has 0 saturated carbocycles. The molecule has 136 valence electrons. The summed E-state index contributed by atoms with van der Waals surface area (Å²) in [5.41, 5.74) is 2.35. The topological polar surface area (TPSA) is 65.2 Å². The van der Waals surface area contributed by atoms with Crippen molar-refractivity contribution in [2.45, 2.75) is 17.7 Å². The molecule has 0 atom stereocenters. The molecule has 0 bridgehead atoms. The molecule has 5 nitrogen and oxygen atoms in total. The van der Waals surface area contributed by atoms with Crippen molar-refractivity contribution in [3.8, 4) is 0 Å². The minimum absolute atomic E-state index is 0.246. The molecule has 0 aliphatic heterocycles. The Bertz CT molecular complexity index is 1140. The zero-order valence-corrected chi connectivity index (χ0v) is 16.8. The zero-order chi connectivity index (χ0) is 18.8. The largest absolute Gasteiger partial charge is 0.460 e. The molecule has 2 heterocycles. The van der Waals surface area contributed by atoms with Crippen LogP contribution in [-0.2, 0) is 10.5 Å². The van der Waals surface area contributed by atoms with E-state index in [2.05, 4.69) is 25.9 Å². The molecule has 0 spiro atoms. The van der Waals surface area contributed by atoms with Crippen molar-refractivity contribution in [2.24, 2.45) is 0 Å². The second-order valence-electron chi connectivity index (χ2n) is 5.76. The van der Waals surface area contributed by atoms with Crippen LogP contribution in [0.25, 0.3) is 21.9 Å². The van der Waals surface area contributed by atoms with Crippen LogP contribution in [0.5, 0.6) is 0 Å². The van der Waals surface area contributed by atoms with E-state index in [0.717, 1.165) is 31.4 Å². The number of esters is 1.